The van der Waals surface area contributed by atoms with E-state index in [0.717, 1.165) is 18.0 Å². The number of rotatable bonds is 5. The topological polar surface area (TPSA) is 35.0 Å². The van der Waals surface area contributed by atoms with Gasteiger partial charge in [0.15, 0.2) is 5.75 Å². The van der Waals surface area contributed by atoms with Crippen molar-refractivity contribution in [3.63, 3.8) is 0 Å². The molecule has 0 fully saturated rings. The van der Waals surface area contributed by atoms with Gasteiger partial charge >= 0.3 is 0 Å². The van der Waals surface area contributed by atoms with Gasteiger partial charge in [0.2, 0.25) is 0 Å². The lowest BCUT2D eigenvalue weighted by Gasteiger charge is -2.25. The Bertz CT molecular complexity index is 293. The second-order valence-electron chi connectivity index (χ2n) is 4.43. The first-order chi connectivity index (χ1) is 7.03. The minimum absolute atomic E-state index is 0.130. The Labute approximate surface area is 91.9 Å². The van der Waals surface area contributed by atoms with Gasteiger partial charge in [-0.25, -0.2) is 9.97 Å². The maximum Gasteiger partial charge on any atom is 0.156 e. The molecular weight excluding hydrogens is 188 g/mol. The normalized spacial score (nSPS) is 11.5. The summed E-state index contributed by atoms with van der Waals surface area (Å²) >= 11 is 0. The van der Waals surface area contributed by atoms with Gasteiger partial charge in [-0.2, -0.15) is 0 Å². The van der Waals surface area contributed by atoms with Crippen molar-refractivity contribution in [2.45, 2.75) is 52.6 Å². The fraction of sp³-hybridized carbons (Fsp3) is 0.667. The zero-order valence-electron chi connectivity index (χ0n) is 10.1. The van der Waals surface area contributed by atoms with E-state index in [1.54, 1.807) is 12.4 Å². The first-order valence-corrected chi connectivity index (χ1v) is 5.51. The van der Waals surface area contributed by atoms with Crippen molar-refractivity contribution in [1.82, 2.24) is 9.97 Å². The van der Waals surface area contributed by atoms with Crippen LogP contribution in [-0.4, -0.2) is 15.6 Å². The van der Waals surface area contributed by atoms with Crippen molar-refractivity contribution in [3.8, 4) is 5.75 Å². The van der Waals surface area contributed by atoms with E-state index >= 15 is 0 Å². The van der Waals surface area contributed by atoms with Crippen LogP contribution in [0, 0.1) is 6.92 Å². The van der Waals surface area contributed by atoms with Gasteiger partial charge in [-0.1, -0.05) is 13.3 Å². The Balaban J connectivity index is 2.56. The van der Waals surface area contributed by atoms with E-state index in [-0.39, 0.29) is 5.60 Å². The van der Waals surface area contributed by atoms with Crippen LogP contribution in [0.1, 0.15) is 45.9 Å². The molecule has 0 aliphatic heterocycles. The summed E-state index contributed by atoms with van der Waals surface area (Å²) in [6, 6.07) is 0. The number of ether oxygens (including phenoxy) is 1. The van der Waals surface area contributed by atoms with Gasteiger partial charge in [0.25, 0.3) is 0 Å². The van der Waals surface area contributed by atoms with E-state index in [1.165, 1.54) is 12.8 Å². The summed E-state index contributed by atoms with van der Waals surface area (Å²) in [6.45, 7) is 8.25. The molecule has 3 nitrogen and oxygen atoms in total. The second-order valence-corrected chi connectivity index (χ2v) is 4.43. The van der Waals surface area contributed by atoms with Gasteiger partial charge in [0, 0.05) is 0 Å². The molecule has 0 saturated heterocycles. The van der Waals surface area contributed by atoms with Gasteiger partial charge in [0.05, 0.1) is 12.4 Å². The average molecular weight is 208 g/mol. The number of nitrogens with zero attached hydrogens (tertiary/aromatic N) is 2. The largest absolute Gasteiger partial charge is 0.485 e. The molecule has 0 aliphatic rings. The van der Waals surface area contributed by atoms with Crippen LogP contribution in [0.2, 0.25) is 0 Å². The van der Waals surface area contributed by atoms with Gasteiger partial charge in [-0.3, -0.25) is 0 Å². The lowest BCUT2D eigenvalue weighted by Crippen LogP contribution is -2.28. The summed E-state index contributed by atoms with van der Waals surface area (Å²) in [4.78, 5) is 8.21. The third-order valence-electron chi connectivity index (χ3n) is 2.28. The predicted molar refractivity (Wildman–Crippen MR) is 61.0 cm³/mol. The van der Waals surface area contributed by atoms with Crippen LogP contribution in [0.25, 0.3) is 0 Å². The van der Waals surface area contributed by atoms with Crippen LogP contribution in [0.4, 0.5) is 0 Å². The molecule has 0 radical (unpaired) electrons. The third-order valence-corrected chi connectivity index (χ3v) is 2.28. The molecule has 1 heterocycles. The molecule has 0 spiro atoms. The van der Waals surface area contributed by atoms with E-state index in [4.69, 9.17) is 4.74 Å². The van der Waals surface area contributed by atoms with E-state index in [9.17, 15) is 0 Å². The molecule has 84 valence electrons. The van der Waals surface area contributed by atoms with E-state index < -0.39 is 0 Å². The fourth-order valence-corrected chi connectivity index (χ4v) is 1.41. The molecule has 0 aromatic carbocycles. The van der Waals surface area contributed by atoms with Crippen molar-refractivity contribution >= 4 is 0 Å². The van der Waals surface area contributed by atoms with Crippen molar-refractivity contribution < 1.29 is 4.74 Å². The lowest BCUT2D eigenvalue weighted by atomic mass is 10.0. The summed E-state index contributed by atoms with van der Waals surface area (Å²) in [7, 11) is 0. The molecule has 1 aromatic heterocycles. The Hall–Kier alpha value is -1.12. The average Bonchev–Trinajstić information content (AvgIpc) is 2.18. The molecule has 3 heteroatoms. The van der Waals surface area contributed by atoms with E-state index in [0.29, 0.717) is 0 Å². The van der Waals surface area contributed by atoms with Crippen molar-refractivity contribution in [3.05, 3.63) is 18.2 Å². The molecule has 0 atom stereocenters. The second kappa shape index (κ2) is 5.10. The summed E-state index contributed by atoms with van der Waals surface area (Å²) in [5, 5.41) is 0. The third kappa shape index (κ3) is 4.28. The van der Waals surface area contributed by atoms with Gasteiger partial charge in [0.1, 0.15) is 11.4 Å². The number of aryl methyl sites for hydroxylation is 1. The summed E-state index contributed by atoms with van der Waals surface area (Å²) in [5.41, 5.74) is -0.130. The summed E-state index contributed by atoms with van der Waals surface area (Å²) in [5.74, 6) is 1.52. The SMILES string of the molecule is CCCCC(C)(C)Oc1cnc(C)nc1. The monoisotopic (exact) mass is 208 g/mol. The minimum Gasteiger partial charge on any atom is -0.485 e. The molecule has 0 aliphatic carbocycles. The van der Waals surface area contributed by atoms with Crippen LogP contribution in [0.3, 0.4) is 0 Å². The van der Waals surface area contributed by atoms with Gasteiger partial charge in [-0.05, 0) is 33.6 Å². The molecule has 1 aromatic rings. The highest BCUT2D eigenvalue weighted by Crippen LogP contribution is 2.21. The van der Waals surface area contributed by atoms with Crippen LogP contribution in [0.5, 0.6) is 5.75 Å². The fourth-order valence-electron chi connectivity index (χ4n) is 1.41. The maximum absolute atomic E-state index is 5.83. The van der Waals surface area contributed by atoms with Crippen LogP contribution in [-0.2, 0) is 0 Å². The first kappa shape index (κ1) is 12.0. The van der Waals surface area contributed by atoms with Crippen LogP contribution in [0.15, 0.2) is 12.4 Å². The highest BCUT2D eigenvalue weighted by molar-refractivity contribution is 5.13. The maximum atomic E-state index is 5.83. The number of aromatic nitrogens is 2. The molecular formula is C12H20N2O. The van der Waals surface area contributed by atoms with Crippen LogP contribution < -0.4 is 4.74 Å². The first-order valence-electron chi connectivity index (χ1n) is 5.51. The van der Waals surface area contributed by atoms with Crippen molar-refractivity contribution in [2.75, 3.05) is 0 Å². The Morgan fingerprint density at radius 2 is 1.87 bits per heavy atom. The quantitative estimate of drug-likeness (QED) is 0.745. The van der Waals surface area contributed by atoms with Crippen LogP contribution >= 0.6 is 0 Å². The molecule has 0 bridgehead atoms. The minimum atomic E-state index is -0.130. The lowest BCUT2D eigenvalue weighted by molar-refractivity contribution is 0.0956. The number of unbranched alkanes of at least 4 members (excludes halogenated alkanes) is 1. The van der Waals surface area contributed by atoms with Crippen molar-refractivity contribution in [1.29, 1.82) is 0 Å². The van der Waals surface area contributed by atoms with Crippen molar-refractivity contribution in [2.24, 2.45) is 0 Å². The zero-order chi connectivity index (χ0) is 11.3. The standard InChI is InChI=1S/C12H20N2O/c1-5-6-7-12(3,4)15-11-8-13-10(2)14-9-11/h8-9H,5-7H2,1-4H3. The zero-order valence-corrected chi connectivity index (χ0v) is 10.1. The Kier molecular flexibility index (Phi) is 4.06. The number of hydrogen-bond acceptors (Lipinski definition) is 3. The molecule has 0 amide bonds. The molecule has 15 heavy (non-hydrogen) atoms. The Morgan fingerprint density at radius 3 is 2.40 bits per heavy atom. The summed E-state index contributed by atoms with van der Waals surface area (Å²) in [6.07, 6.45) is 6.89. The highest BCUT2D eigenvalue weighted by Gasteiger charge is 2.19. The number of hydrogen-bond donors (Lipinski definition) is 0. The summed E-state index contributed by atoms with van der Waals surface area (Å²) < 4.78 is 5.83. The molecule has 0 saturated carbocycles. The highest BCUT2D eigenvalue weighted by atomic mass is 16.5. The smallest absolute Gasteiger partial charge is 0.156 e. The van der Waals surface area contributed by atoms with Gasteiger partial charge < -0.3 is 4.74 Å². The van der Waals surface area contributed by atoms with Gasteiger partial charge in [-0.15, -0.1) is 0 Å². The van der Waals surface area contributed by atoms with E-state index in [1.807, 2.05) is 6.92 Å². The molecule has 0 unspecified atom stereocenters. The predicted octanol–water partition coefficient (Wildman–Crippen LogP) is 3.13. The molecule has 0 N–H and O–H groups in total. The molecule has 1 rings (SSSR count). The Morgan fingerprint density at radius 1 is 1.27 bits per heavy atom. The van der Waals surface area contributed by atoms with E-state index in [2.05, 4.69) is 30.7 Å².